The van der Waals surface area contributed by atoms with Crippen molar-refractivity contribution in [1.29, 1.82) is 0 Å². The van der Waals surface area contributed by atoms with E-state index in [1.165, 1.54) is 27.7 Å². The lowest BCUT2D eigenvalue weighted by molar-refractivity contribution is -0.142. The Kier molecular flexibility index (Phi) is 25.6. The first-order valence-electron chi connectivity index (χ1n) is 30.0. The van der Waals surface area contributed by atoms with Crippen molar-refractivity contribution in [2.75, 3.05) is 32.0 Å². The number of aliphatic hydroxyl groups is 4. The minimum atomic E-state index is -1.97. The van der Waals surface area contributed by atoms with E-state index in [9.17, 15) is 73.2 Å². The topological polar surface area (TPSA) is 398 Å². The number of hydrogen-bond donors (Lipinski definition) is 13. The van der Waals surface area contributed by atoms with E-state index in [4.69, 9.17) is 5.73 Å². The number of H-pyrrole nitrogens is 1. The molecule has 14 N–H and O–H groups in total. The number of ketones is 3. The molecule has 12 atom stereocenters. The summed E-state index contributed by atoms with van der Waals surface area (Å²) in [5, 5.41) is 62.2. The number of carbonyl (C=O) groups is 11. The van der Waals surface area contributed by atoms with E-state index in [1.54, 1.807) is 18.2 Å². The van der Waals surface area contributed by atoms with Crippen molar-refractivity contribution in [1.82, 2.24) is 47.1 Å². The quantitative estimate of drug-likeness (QED) is 0.0537. The number of thioether (sulfide) groups is 1. The van der Waals surface area contributed by atoms with Gasteiger partial charge in [-0.15, -0.1) is 11.8 Å². The second-order valence-corrected chi connectivity index (χ2v) is 24.6. The molecule has 25 nitrogen and oxygen atoms in total. The van der Waals surface area contributed by atoms with Gasteiger partial charge >= 0.3 is 0 Å². The van der Waals surface area contributed by atoms with Gasteiger partial charge in [0.2, 0.25) is 47.3 Å². The van der Waals surface area contributed by atoms with E-state index in [0.717, 1.165) is 22.2 Å². The summed E-state index contributed by atoms with van der Waals surface area (Å²) >= 11 is 1.02. The van der Waals surface area contributed by atoms with Gasteiger partial charge in [-0.25, -0.2) is 0 Å². The first kappa shape index (κ1) is 69.0. The van der Waals surface area contributed by atoms with Crippen LogP contribution < -0.4 is 43.0 Å². The van der Waals surface area contributed by atoms with Crippen LogP contribution in [0, 0.1) is 11.8 Å². The highest BCUT2D eigenvalue weighted by molar-refractivity contribution is 7.99. The monoisotopic (exact) mass is 1230 g/mol. The molecule has 1 fully saturated rings. The van der Waals surface area contributed by atoms with Gasteiger partial charge in [0.25, 0.3) is 0 Å². The predicted octanol–water partition coefficient (Wildman–Crippen LogP) is -0.415. The molecule has 3 aliphatic heterocycles. The molecule has 2 bridgehead atoms. The molecular formula is C61H86N10O15S. The van der Waals surface area contributed by atoms with Gasteiger partial charge in [-0.05, 0) is 102 Å². The molecule has 0 aliphatic carbocycles. The van der Waals surface area contributed by atoms with Crippen LogP contribution in [0.1, 0.15) is 122 Å². The fourth-order valence-corrected chi connectivity index (χ4v) is 12.1. The zero-order valence-electron chi connectivity index (χ0n) is 50.1. The maximum atomic E-state index is 14.9. The Labute approximate surface area is 510 Å². The van der Waals surface area contributed by atoms with Crippen LogP contribution in [0.2, 0.25) is 0 Å². The van der Waals surface area contributed by atoms with Crippen LogP contribution in [-0.2, 0) is 72.0 Å². The second kappa shape index (κ2) is 32.2. The highest BCUT2D eigenvalue weighted by Gasteiger charge is 2.44. The van der Waals surface area contributed by atoms with Crippen molar-refractivity contribution >= 4 is 87.3 Å². The molecule has 2 aromatic carbocycles. The van der Waals surface area contributed by atoms with Crippen molar-refractivity contribution in [3.05, 3.63) is 65.2 Å². The fourth-order valence-electron chi connectivity index (χ4n) is 11.0. The summed E-state index contributed by atoms with van der Waals surface area (Å²) in [5.74, 6) is -9.56. The van der Waals surface area contributed by atoms with E-state index in [1.807, 2.05) is 37.3 Å². The van der Waals surface area contributed by atoms with E-state index in [-0.39, 0.29) is 93.6 Å². The van der Waals surface area contributed by atoms with Crippen molar-refractivity contribution < 1.29 is 73.2 Å². The lowest BCUT2D eigenvalue weighted by Crippen LogP contribution is -2.61. The van der Waals surface area contributed by atoms with Gasteiger partial charge in [0.1, 0.15) is 36.0 Å². The first-order valence-corrected chi connectivity index (χ1v) is 31.0. The molecule has 0 radical (unpaired) electrons. The number of aromatic amines is 1. The number of nitrogens with two attached hydrogens (primary N) is 1. The Morgan fingerprint density at radius 2 is 1.57 bits per heavy atom. The molecule has 6 rings (SSSR count). The molecule has 87 heavy (non-hydrogen) atoms. The summed E-state index contributed by atoms with van der Waals surface area (Å²) in [4.78, 5) is 158. The van der Waals surface area contributed by atoms with Crippen LogP contribution in [0.3, 0.4) is 0 Å². The molecular weight excluding hydrogens is 1140 g/mol. The number of aromatic nitrogens is 1. The summed E-state index contributed by atoms with van der Waals surface area (Å²) < 4.78 is 0. The van der Waals surface area contributed by atoms with Crippen molar-refractivity contribution in [2.24, 2.45) is 17.6 Å². The Morgan fingerprint density at radius 3 is 2.26 bits per heavy atom. The number of nitrogens with zero attached hydrogens (tertiary/aromatic N) is 1. The zero-order chi connectivity index (χ0) is 63.7. The van der Waals surface area contributed by atoms with Crippen LogP contribution in [0.4, 0.5) is 0 Å². The van der Waals surface area contributed by atoms with Crippen LogP contribution in [0.5, 0.6) is 0 Å². The molecule has 4 heterocycles. The molecule has 476 valence electrons. The van der Waals surface area contributed by atoms with Gasteiger partial charge in [0.05, 0.1) is 41.5 Å². The molecule has 26 heteroatoms. The van der Waals surface area contributed by atoms with Crippen LogP contribution in [-0.4, -0.2) is 187 Å². The highest BCUT2D eigenvalue weighted by Crippen LogP contribution is 2.35. The SMILES string of the molecule is CCCC(=O)N[C@H](Cc1ccccc1)C(=O)CC(CCCCN)C(=O)NCCCC(=O)Cc1ccc2[nH]c3c(c2c1)C[C@@H]1CC(=O)[C@H](C)NC(=O)[C@@H]2C[C@@H](O)CN2C(=O)[C@@H](CS3)NC(=O)[C@@H](C(C)O)NC(=O)[C@H](C)NC(=O)[C@H](C[C@@](C)(O)CO)NC1=O. The molecule has 3 aliphatic rings. The van der Waals surface area contributed by atoms with E-state index < -0.39 is 133 Å². The predicted molar refractivity (Wildman–Crippen MR) is 321 cm³/mol. The van der Waals surface area contributed by atoms with Crippen LogP contribution in [0.15, 0.2) is 53.6 Å². The van der Waals surface area contributed by atoms with Crippen molar-refractivity contribution in [3.8, 4) is 0 Å². The number of rotatable bonds is 23. The van der Waals surface area contributed by atoms with E-state index >= 15 is 0 Å². The lowest BCUT2D eigenvalue weighted by atomic mass is 9.89. The molecule has 2 unspecified atom stereocenters. The van der Waals surface area contributed by atoms with E-state index in [2.05, 4.69) is 42.2 Å². The summed E-state index contributed by atoms with van der Waals surface area (Å²) in [6.45, 7) is 6.26. The Balaban J connectivity index is 1.31. The van der Waals surface area contributed by atoms with Crippen molar-refractivity contribution in [3.63, 3.8) is 0 Å². The molecule has 8 amide bonds. The van der Waals surface area contributed by atoms with Gasteiger partial charge in [-0.2, -0.15) is 0 Å². The lowest BCUT2D eigenvalue weighted by Gasteiger charge is -2.31. The number of fused-ring (bicyclic) bond motifs is 5. The average molecular weight is 1230 g/mol. The average Bonchev–Trinajstić information content (AvgIpc) is 2.10. The number of hydrogen-bond acceptors (Lipinski definition) is 17. The molecule has 1 aromatic heterocycles. The van der Waals surface area contributed by atoms with Gasteiger partial charge in [-0.3, -0.25) is 52.7 Å². The van der Waals surface area contributed by atoms with Gasteiger partial charge in [0.15, 0.2) is 11.6 Å². The minimum Gasteiger partial charge on any atom is -0.393 e. The third-order valence-electron chi connectivity index (χ3n) is 16.0. The summed E-state index contributed by atoms with van der Waals surface area (Å²) in [6, 6.07) is 4.68. The highest BCUT2D eigenvalue weighted by atomic mass is 32.2. The Hall–Kier alpha value is -7.10. The largest absolute Gasteiger partial charge is 0.393 e. The maximum Gasteiger partial charge on any atom is 0.246 e. The van der Waals surface area contributed by atoms with Crippen LogP contribution >= 0.6 is 11.8 Å². The molecule has 3 aromatic rings. The maximum absolute atomic E-state index is 14.9. The van der Waals surface area contributed by atoms with E-state index in [0.29, 0.717) is 59.3 Å². The third kappa shape index (κ3) is 19.7. The number of amides is 8. The summed E-state index contributed by atoms with van der Waals surface area (Å²) in [7, 11) is 0. The number of aliphatic hydroxyl groups excluding tert-OH is 3. The molecule has 0 spiro atoms. The van der Waals surface area contributed by atoms with Gasteiger partial charge in [0, 0.05) is 86.5 Å². The summed E-state index contributed by atoms with van der Waals surface area (Å²) in [6.07, 6.45) is -1.56. The number of nitrogens with one attached hydrogen (secondary N) is 8. The number of carbonyl (C=O) groups excluding carboxylic acids is 11. The van der Waals surface area contributed by atoms with Gasteiger partial charge < -0.3 is 73.3 Å². The Morgan fingerprint density at radius 1 is 0.851 bits per heavy atom. The smallest absolute Gasteiger partial charge is 0.246 e. The Bertz CT molecular complexity index is 2970. The zero-order valence-corrected chi connectivity index (χ0v) is 50.9. The third-order valence-corrected chi connectivity index (χ3v) is 17.1. The molecule has 0 saturated carbocycles. The van der Waals surface area contributed by atoms with Crippen LogP contribution in [0.25, 0.3) is 10.9 Å². The number of Topliss-reactive ketones (excluding diaryl/α,β-unsaturated/α-hetero) is 3. The molecule has 1 saturated heterocycles. The first-order chi connectivity index (χ1) is 41.3. The minimum absolute atomic E-state index is 0.0458. The van der Waals surface area contributed by atoms with Crippen molar-refractivity contribution in [2.45, 2.75) is 190 Å². The summed E-state index contributed by atoms with van der Waals surface area (Å²) in [5.41, 5.74) is 6.11. The normalized spacial score (nSPS) is 24.4. The van der Waals surface area contributed by atoms with Gasteiger partial charge in [-0.1, -0.05) is 49.7 Å². The standard InChI is InChI=1S/C61H86N10O15S/c1-6-13-51(78)66-45(24-36-14-8-7-9-15-36)50(77)26-38(16-10-11-20-62)54(80)63-21-12-17-40(74)22-37-18-19-44-42(23-37)43-25-39-27-49(76)33(2)64-57(83)48-28-41(75)30-71(48)60(85)47(31-87-59(43)69-44)68-58(84)52(35(4)73)70-53(79)34(3)65-56(82)46(67-55(39)81)29-61(5,86)32-72/h7-9,14-15,18-19,23,33-35,38-39,41,45-48,52,69,72-73,75,86H,6,10-13,16-17,20-22,24-32,62H2,1-5H3,(H,63,80)(H,64,83)(H,65,82)(H,66,78)(H,67,81)(H,68,84)(H,70,79)/t33-,34-,35?,38?,39+,41+,45+,46-,47+,48-,52+,61+/m0/s1. The number of benzene rings is 2. The fraction of sp³-hybridized carbons (Fsp3) is 0.590. The number of unbranched alkanes of at least 4 members (excludes halogenated alkanes) is 1. The second-order valence-electron chi connectivity index (χ2n) is 23.6.